The summed E-state index contributed by atoms with van der Waals surface area (Å²) in [6.45, 7) is 4.35. The van der Waals surface area contributed by atoms with E-state index in [-0.39, 0.29) is 18.0 Å². The van der Waals surface area contributed by atoms with Gasteiger partial charge in [0, 0.05) is 0 Å². The highest BCUT2D eigenvalue weighted by Gasteiger charge is 2.39. The Morgan fingerprint density at radius 2 is 1.30 bits per heavy atom. The molecule has 2 heteroatoms. The molecule has 0 aromatic rings. The van der Waals surface area contributed by atoms with Crippen molar-refractivity contribution in [2.75, 3.05) is 0 Å². The van der Waals surface area contributed by atoms with Gasteiger partial charge in [0.2, 0.25) is 0 Å². The molecule has 20 heavy (non-hydrogen) atoms. The molecule has 0 N–H and O–H groups in total. The van der Waals surface area contributed by atoms with Gasteiger partial charge in [-0.25, -0.2) is 0 Å². The van der Waals surface area contributed by atoms with E-state index in [0.717, 1.165) is 12.8 Å². The molecule has 1 heterocycles. The molecule has 1 aliphatic heterocycles. The van der Waals surface area contributed by atoms with Crippen molar-refractivity contribution in [3.63, 3.8) is 0 Å². The Hall–Kier alpha value is -0.530. The highest BCUT2D eigenvalue weighted by molar-refractivity contribution is 5.78. The average Bonchev–Trinajstić information content (AvgIpc) is 2.43. The van der Waals surface area contributed by atoms with E-state index in [0.29, 0.717) is 0 Å². The van der Waals surface area contributed by atoms with Crippen molar-refractivity contribution in [1.82, 2.24) is 0 Å². The highest BCUT2D eigenvalue weighted by Crippen LogP contribution is 2.29. The first-order valence-corrected chi connectivity index (χ1v) is 9.00. The Balaban J connectivity index is 1.78. The number of cyclic esters (lactones) is 1. The van der Waals surface area contributed by atoms with Crippen molar-refractivity contribution in [2.24, 2.45) is 5.92 Å². The van der Waals surface area contributed by atoms with Crippen LogP contribution in [0.5, 0.6) is 0 Å². The van der Waals surface area contributed by atoms with Crippen LogP contribution in [-0.4, -0.2) is 12.1 Å². The number of hydrogen-bond acceptors (Lipinski definition) is 2. The number of hydrogen-bond donors (Lipinski definition) is 0. The summed E-state index contributed by atoms with van der Waals surface area (Å²) < 4.78 is 5.20. The van der Waals surface area contributed by atoms with Gasteiger partial charge in [-0.15, -0.1) is 0 Å². The maximum Gasteiger partial charge on any atom is 0.312 e. The highest BCUT2D eigenvalue weighted by atomic mass is 16.6. The lowest BCUT2D eigenvalue weighted by Crippen LogP contribution is -2.44. The largest absolute Gasteiger partial charge is 0.461 e. The number of rotatable bonds is 13. The van der Waals surface area contributed by atoms with Crippen molar-refractivity contribution in [2.45, 2.75) is 103 Å². The molecular weight excluding hydrogens is 248 g/mol. The first-order chi connectivity index (χ1) is 9.79. The van der Waals surface area contributed by atoms with Crippen LogP contribution in [0, 0.1) is 5.92 Å². The zero-order chi connectivity index (χ0) is 14.6. The second kappa shape index (κ2) is 11.2. The molecule has 0 aliphatic carbocycles. The van der Waals surface area contributed by atoms with Gasteiger partial charge >= 0.3 is 5.97 Å². The molecule has 1 fully saturated rings. The Bertz CT molecular complexity index is 250. The first-order valence-electron chi connectivity index (χ1n) is 9.00. The van der Waals surface area contributed by atoms with Crippen molar-refractivity contribution in [3.8, 4) is 0 Å². The van der Waals surface area contributed by atoms with Gasteiger partial charge in [0.05, 0.1) is 5.92 Å². The zero-order valence-electron chi connectivity index (χ0n) is 13.7. The van der Waals surface area contributed by atoms with E-state index in [4.69, 9.17) is 4.74 Å². The summed E-state index contributed by atoms with van der Waals surface area (Å²) in [6, 6.07) is 0. The van der Waals surface area contributed by atoms with Crippen LogP contribution < -0.4 is 0 Å². The van der Waals surface area contributed by atoms with Crippen LogP contribution in [0.25, 0.3) is 0 Å². The number of carbonyl (C=O) groups is 1. The van der Waals surface area contributed by atoms with Gasteiger partial charge in [-0.1, -0.05) is 78.1 Å². The molecule has 0 unspecified atom stereocenters. The van der Waals surface area contributed by atoms with E-state index in [2.05, 4.69) is 13.8 Å². The van der Waals surface area contributed by atoms with Crippen molar-refractivity contribution < 1.29 is 9.53 Å². The molecule has 1 rings (SSSR count). The maximum atomic E-state index is 11.2. The van der Waals surface area contributed by atoms with E-state index in [1.165, 1.54) is 70.6 Å². The fourth-order valence-corrected chi connectivity index (χ4v) is 3.10. The van der Waals surface area contributed by atoms with Gasteiger partial charge in [-0.3, -0.25) is 4.79 Å². The van der Waals surface area contributed by atoms with Crippen molar-refractivity contribution in [3.05, 3.63) is 0 Å². The maximum absolute atomic E-state index is 11.2. The monoisotopic (exact) mass is 282 g/mol. The van der Waals surface area contributed by atoms with E-state index in [1.807, 2.05) is 0 Å². The average molecular weight is 282 g/mol. The summed E-state index contributed by atoms with van der Waals surface area (Å²) in [5, 5.41) is 0. The first kappa shape index (κ1) is 17.5. The lowest BCUT2D eigenvalue weighted by atomic mass is 9.90. The predicted octanol–water partition coefficient (Wildman–Crippen LogP) is 5.64. The number of ether oxygens (including phenoxy) is 1. The molecule has 1 aliphatic rings. The van der Waals surface area contributed by atoms with Crippen LogP contribution in [0.1, 0.15) is 97.3 Å². The summed E-state index contributed by atoms with van der Waals surface area (Å²) in [6.07, 6.45) is 17.4. The molecule has 0 amide bonds. The lowest BCUT2D eigenvalue weighted by Gasteiger charge is -2.34. The molecule has 0 saturated carbocycles. The summed E-state index contributed by atoms with van der Waals surface area (Å²) >= 11 is 0. The molecule has 0 bridgehead atoms. The molecule has 0 spiro atoms. The van der Waals surface area contributed by atoms with Gasteiger partial charge in [0.15, 0.2) is 0 Å². The third kappa shape index (κ3) is 6.76. The Morgan fingerprint density at radius 3 is 1.75 bits per heavy atom. The van der Waals surface area contributed by atoms with E-state index >= 15 is 0 Å². The molecular formula is C18H34O2. The van der Waals surface area contributed by atoms with E-state index < -0.39 is 0 Å². The van der Waals surface area contributed by atoms with E-state index in [1.54, 1.807) is 0 Å². The number of unbranched alkanes of at least 4 members (excludes halogenated alkanes) is 10. The summed E-state index contributed by atoms with van der Waals surface area (Å²) in [7, 11) is 0. The van der Waals surface area contributed by atoms with Gasteiger partial charge < -0.3 is 4.74 Å². The van der Waals surface area contributed by atoms with Crippen LogP contribution in [0.2, 0.25) is 0 Å². The van der Waals surface area contributed by atoms with Gasteiger partial charge in [-0.05, 0) is 19.3 Å². The molecule has 0 aromatic heterocycles. The Labute approximate surface area is 125 Å². The van der Waals surface area contributed by atoms with Gasteiger partial charge in [0.25, 0.3) is 0 Å². The predicted molar refractivity (Wildman–Crippen MR) is 84.7 cm³/mol. The summed E-state index contributed by atoms with van der Waals surface area (Å²) in [4.78, 5) is 11.2. The Kier molecular flexibility index (Phi) is 9.78. The number of esters is 1. The Morgan fingerprint density at radius 1 is 0.800 bits per heavy atom. The normalized spacial score (nSPS) is 21.6. The molecule has 2 nitrogen and oxygen atoms in total. The van der Waals surface area contributed by atoms with Crippen molar-refractivity contribution >= 4 is 5.97 Å². The third-order valence-electron chi connectivity index (χ3n) is 4.55. The second-order valence-corrected chi connectivity index (χ2v) is 6.31. The van der Waals surface area contributed by atoms with E-state index in [9.17, 15) is 4.79 Å². The standard InChI is InChI=1S/C18H34O2/c1-3-5-6-7-8-9-10-11-12-13-14-15-17-16(4-2)18(19)20-17/h16-17H,3-15H2,1-2H3/t16-,17-/m0/s1. The van der Waals surface area contributed by atoms with Crippen LogP contribution in [0.3, 0.4) is 0 Å². The third-order valence-corrected chi connectivity index (χ3v) is 4.55. The zero-order valence-corrected chi connectivity index (χ0v) is 13.7. The van der Waals surface area contributed by atoms with Gasteiger partial charge in [-0.2, -0.15) is 0 Å². The van der Waals surface area contributed by atoms with Gasteiger partial charge in [0.1, 0.15) is 6.10 Å². The fourth-order valence-electron chi connectivity index (χ4n) is 3.10. The minimum atomic E-state index is 0.0283. The minimum absolute atomic E-state index is 0.0283. The molecule has 0 aromatic carbocycles. The van der Waals surface area contributed by atoms with Crippen molar-refractivity contribution in [1.29, 1.82) is 0 Å². The summed E-state index contributed by atoms with van der Waals surface area (Å²) in [5.41, 5.74) is 0. The quantitative estimate of drug-likeness (QED) is 0.323. The van der Waals surface area contributed by atoms with Crippen LogP contribution in [-0.2, 0) is 9.53 Å². The van der Waals surface area contributed by atoms with Crippen LogP contribution in [0.4, 0.5) is 0 Å². The summed E-state index contributed by atoms with van der Waals surface area (Å²) in [5.74, 6) is 0.235. The van der Waals surface area contributed by atoms with Crippen LogP contribution >= 0.6 is 0 Å². The topological polar surface area (TPSA) is 26.3 Å². The molecule has 0 radical (unpaired) electrons. The number of carbonyl (C=O) groups excluding carboxylic acids is 1. The fraction of sp³-hybridized carbons (Fsp3) is 0.944. The minimum Gasteiger partial charge on any atom is -0.461 e. The smallest absolute Gasteiger partial charge is 0.312 e. The lowest BCUT2D eigenvalue weighted by molar-refractivity contribution is -0.185. The molecule has 118 valence electrons. The molecule has 2 atom stereocenters. The second-order valence-electron chi connectivity index (χ2n) is 6.31. The molecule has 1 saturated heterocycles. The SMILES string of the molecule is CCCCCCCCCCCCC[C@@H]1OC(=O)[C@H]1CC. The van der Waals surface area contributed by atoms with Crippen LogP contribution in [0.15, 0.2) is 0 Å².